The van der Waals surface area contributed by atoms with Crippen LogP contribution in [-0.2, 0) is 4.79 Å². The summed E-state index contributed by atoms with van der Waals surface area (Å²) in [6.07, 6.45) is 8.16. The van der Waals surface area contributed by atoms with Crippen molar-refractivity contribution in [2.75, 3.05) is 6.54 Å². The van der Waals surface area contributed by atoms with Gasteiger partial charge in [0.05, 0.1) is 0 Å². The van der Waals surface area contributed by atoms with Crippen LogP contribution in [-0.4, -0.2) is 29.7 Å². The van der Waals surface area contributed by atoms with Gasteiger partial charge in [-0.15, -0.1) is 0 Å². The molecule has 1 aliphatic carbocycles. The second-order valence-electron chi connectivity index (χ2n) is 5.89. The van der Waals surface area contributed by atoms with Crippen molar-refractivity contribution in [3.63, 3.8) is 0 Å². The number of carbonyl (C=O) groups is 2. The summed E-state index contributed by atoms with van der Waals surface area (Å²) < 4.78 is 0. The van der Waals surface area contributed by atoms with Gasteiger partial charge in [-0.05, 0) is 18.3 Å². The second kappa shape index (κ2) is 8.82. The number of nitrogens with one attached hydrogen (secondary N) is 2. The van der Waals surface area contributed by atoms with Crippen LogP contribution in [0.4, 0.5) is 4.79 Å². The average Bonchev–Trinajstić information content (AvgIpc) is 2.45. The predicted octanol–water partition coefficient (Wildman–Crippen LogP) is 2.76. The smallest absolute Gasteiger partial charge is 0.326 e. The summed E-state index contributed by atoms with van der Waals surface area (Å²) in [5.74, 6) is -0.327. The Morgan fingerprint density at radius 2 is 1.90 bits per heavy atom. The maximum Gasteiger partial charge on any atom is 0.326 e. The molecule has 1 aliphatic rings. The first-order valence-corrected chi connectivity index (χ1v) is 7.81. The molecule has 0 heterocycles. The van der Waals surface area contributed by atoms with E-state index in [1.54, 1.807) is 0 Å². The molecule has 5 heteroatoms. The van der Waals surface area contributed by atoms with Crippen LogP contribution in [0.15, 0.2) is 0 Å². The van der Waals surface area contributed by atoms with Crippen LogP contribution >= 0.6 is 0 Å². The highest BCUT2D eigenvalue weighted by molar-refractivity contribution is 5.82. The van der Waals surface area contributed by atoms with E-state index in [9.17, 15) is 9.59 Å². The molecule has 0 aliphatic heterocycles. The summed E-state index contributed by atoms with van der Waals surface area (Å²) in [6.45, 7) is 4.38. The van der Waals surface area contributed by atoms with Crippen LogP contribution in [0.3, 0.4) is 0 Å². The summed E-state index contributed by atoms with van der Waals surface area (Å²) in [7, 11) is 0. The maximum absolute atomic E-state index is 11.7. The predicted molar refractivity (Wildman–Crippen MR) is 78.6 cm³/mol. The van der Waals surface area contributed by atoms with Gasteiger partial charge in [-0.25, -0.2) is 9.59 Å². The van der Waals surface area contributed by atoms with Gasteiger partial charge in [-0.2, -0.15) is 0 Å². The van der Waals surface area contributed by atoms with Gasteiger partial charge in [0.25, 0.3) is 0 Å². The molecular formula is C15H28N2O3. The van der Waals surface area contributed by atoms with Gasteiger partial charge in [-0.1, -0.05) is 52.4 Å². The molecule has 0 radical (unpaired) electrons. The van der Waals surface area contributed by atoms with E-state index in [0.717, 1.165) is 12.8 Å². The molecule has 1 rings (SSSR count). The van der Waals surface area contributed by atoms with Crippen LogP contribution in [0.5, 0.6) is 0 Å². The van der Waals surface area contributed by atoms with Gasteiger partial charge < -0.3 is 15.7 Å². The lowest BCUT2D eigenvalue weighted by molar-refractivity contribution is -0.140. The largest absolute Gasteiger partial charge is 0.480 e. The fraction of sp³-hybridized carbons (Fsp3) is 0.867. The summed E-state index contributed by atoms with van der Waals surface area (Å²) in [4.78, 5) is 22.8. The topological polar surface area (TPSA) is 78.4 Å². The fourth-order valence-corrected chi connectivity index (χ4v) is 2.74. The van der Waals surface area contributed by atoms with Crippen molar-refractivity contribution in [2.24, 2.45) is 11.8 Å². The third kappa shape index (κ3) is 5.80. The molecule has 0 aromatic carbocycles. The number of hydrogen-bond acceptors (Lipinski definition) is 2. The van der Waals surface area contributed by atoms with E-state index in [4.69, 9.17) is 5.11 Å². The molecule has 2 amide bonds. The molecule has 1 unspecified atom stereocenters. The summed E-state index contributed by atoms with van der Waals surface area (Å²) >= 11 is 0. The number of aliphatic carboxylic acids is 1. The van der Waals surface area contributed by atoms with Gasteiger partial charge in [0.2, 0.25) is 0 Å². The lowest BCUT2D eigenvalue weighted by Gasteiger charge is -2.23. The van der Waals surface area contributed by atoms with Crippen molar-refractivity contribution < 1.29 is 14.7 Å². The average molecular weight is 284 g/mol. The monoisotopic (exact) mass is 284 g/mol. The number of carboxylic acids is 1. The Bertz CT molecular complexity index is 314. The Morgan fingerprint density at radius 3 is 2.45 bits per heavy atom. The zero-order valence-corrected chi connectivity index (χ0v) is 12.7. The first kappa shape index (κ1) is 16.8. The Morgan fingerprint density at radius 1 is 1.25 bits per heavy atom. The normalized spacial score (nSPS) is 19.1. The molecule has 0 saturated heterocycles. The van der Waals surface area contributed by atoms with E-state index < -0.39 is 12.0 Å². The molecule has 20 heavy (non-hydrogen) atoms. The molecule has 3 N–H and O–H groups in total. The molecule has 0 aromatic rings. The molecule has 1 saturated carbocycles. The van der Waals surface area contributed by atoms with Crippen LogP contribution in [0.2, 0.25) is 0 Å². The fourth-order valence-electron chi connectivity index (χ4n) is 2.74. The number of carboxylic acid groups (broad SMARTS) is 1. The highest BCUT2D eigenvalue weighted by Gasteiger charge is 2.25. The van der Waals surface area contributed by atoms with Crippen molar-refractivity contribution in [3.05, 3.63) is 0 Å². The molecule has 2 atom stereocenters. The van der Waals surface area contributed by atoms with Crippen molar-refractivity contribution >= 4 is 12.0 Å². The van der Waals surface area contributed by atoms with Gasteiger partial charge in [0, 0.05) is 6.54 Å². The maximum atomic E-state index is 11.7. The Labute approximate surface area is 121 Å². The van der Waals surface area contributed by atoms with Crippen molar-refractivity contribution in [3.8, 4) is 0 Å². The van der Waals surface area contributed by atoms with E-state index >= 15 is 0 Å². The molecule has 0 spiro atoms. The van der Waals surface area contributed by atoms with Gasteiger partial charge in [-0.3, -0.25) is 0 Å². The molecule has 5 nitrogen and oxygen atoms in total. The number of amides is 2. The second-order valence-corrected chi connectivity index (χ2v) is 5.89. The van der Waals surface area contributed by atoms with Crippen LogP contribution in [0.1, 0.15) is 58.8 Å². The lowest BCUT2D eigenvalue weighted by Crippen LogP contribution is -2.49. The lowest BCUT2D eigenvalue weighted by atomic mass is 9.87. The summed E-state index contributed by atoms with van der Waals surface area (Å²) in [5, 5.41) is 14.4. The number of rotatable bonds is 7. The SMILES string of the molecule is CCC(C)[C@H](NC(=O)NCCC1CCCCC1)C(=O)O. The molecular weight excluding hydrogens is 256 g/mol. The van der Waals surface area contributed by atoms with Crippen molar-refractivity contribution in [1.29, 1.82) is 0 Å². The zero-order chi connectivity index (χ0) is 15.0. The van der Waals surface area contributed by atoms with E-state index in [2.05, 4.69) is 10.6 Å². The Balaban J connectivity index is 2.25. The summed E-state index contributed by atoms with van der Waals surface area (Å²) in [6, 6.07) is -1.18. The minimum atomic E-state index is -0.971. The Kier molecular flexibility index (Phi) is 7.41. The van der Waals surface area contributed by atoms with Crippen LogP contribution in [0.25, 0.3) is 0 Å². The summed E-state index contributed by atoms with van der Waals surface area (Å²) in [5.41, 5.74) is 0. The molecule has 116 valence electrons. The third-order valence-electron chi connectivity index (χ3n) is 4.33. The third-order valence-corrected chi connectivity index (χ3v) is 4.33. The molecule has 1 fully saturated rings. The Hall–Kier alpha value is -1.26. The van der Waals surface area contributed by atoms with E-state index in [-0.39, 0.29) is 11.9 Å². The van der Waals surface area contributed by atoms with E-state index in [0.29, 0.717) is 12.5 Å². The quantitative estimate of drug-likeness (QED) is 0.672. The minimum absolute atomic E-state index is 0.0726. The van der Waals surface area contributed by atoms with Crippen molar-refractivity contribution in [1.82, 2.24) is 10.6 Å². The number of hydrogen-bond donors (Lipinski definition) is 3. The van der Waals surface area contributed by atoms with Crippen molar-refractivity contribution in [2.45, 2.75) is 64.8 Å². The van der Waals surface area contributed by atoms with E-state index in [1.807, 2.05) is 13.8 Å². The molecule has 0 aromatic heterocycles. The zero-order valence-electron chi connectivity index (χ0n) is 12.7. The number of carbonyl (C=O) groups excluding carboxylic acids is 1. The van der Waals surface area contributed by atoms with Gasteiger partial charge in [0.1, 0.15) is 6.04 Å². The first-order chi connectivity index (χ1) is 9.54. The van der Waals surface area contributed by atoms with E-state index in [1.165, 1.54) is 32.1 Å². The van der Waals surface area contributed by atoms with Gasteiger partial charge >= 0.3 is 12.0 Å². The van der Waals surface area contributed by atoms with Crippen LogP contribution in [0, 0.1) is 11.8 Å². The molecule has 0 bridgehead atoms. The standard InChI is InChI=1S/C15H28N2O3/c1-3-11(2)13(14(18)19)17-15(20)16-10-9-12-7-5-4-6-8-12/h11-13H,3-10H2,1-2H3,(H,18,19)(H2,16,17,20)/t11?,13-/m0/s1. The highest BCUT2D eigenvalue weighted by Crippen LogP contribution is 2.25. The van der Waals surface area contributed by atoms with Gasteiger partial charge in [0.15, 0.2) is 0 Å². The first-order valence-electron chi connectivity index (χ1n) is 7.81. The minimum Gasteiger partial charge on any atom is -0.480 e. The van der Waals surface area contributed by atoms with Crippen LogP contribution < -0.4 is 10.6 Å². The number of urea groups is 1. The highest BCUT2D eigenvalue weighted by atomic mass is 16.4.